The minimum atomic E-state index is -3.91. The van der Waals surface area contributed by atoms with Crippen molar-refractivity contribution in [2.24, 2.45) is 0 Å². The summed E-state index contributed by atoms with van der Waals surface area (Å²) in [4.78, 5) is 10.7. The van der Waals surface area contributed by atoms with E-state index in [-0.39, 0.29) is 33.6 Å². The number of carbonyl (C=O) groups is 1. The fourth-order valence-electron chi connectivity index (χ4n) is 1.57. The van der Waals surface area contributed by atoms with Crippen LogP contribution in [0.3, 0.4) is 0 Å². The van der Waals surface area contributed by atoms with E-state index in [1.54, 1.807) is 6.92 Å². The highest BCUT2D eigenvalue weighted by molar-refractivity contribution is 7.89. The molecule has 0 saturated carbocycles. The molecule has 0 saturated heterocycles. The second-order valence-corrected chi connectivity index (χ2v) is 6.53. The lowest BCUT2D eigenvalue weighted by molar-refractivity contribution is 0.0697. The molecule has 0 aliphatic carbocycles. The van der Waals surface area contributed by atoms with E-state index in [2.05, 4.69) is 6.58 Å². The van der Waals surface area contributed by atoms with Gasteiger partial charge in [-0.15, -0.1) is 6.58 Å². The summed E-state index contributed by atoms with van der Waals surface area (Å²) in [5, 5.41) is 8.75. The lowest BCUT2D eigenvalue weighted by Gasteiger charge is -2.20. The first-order valence-electron chi connectivity index (χ1n) is 5.59. The van der Waals surface area contributed by atoms with Gasteiger partial charge in [0.1, 0.15) is 4.90 Å². The van der Waals surface area contributed by atoms with Crippen molar-refractivity contribution in [2.45, 2.75) is 11.8 Å². The molecule has 0 amide bonds. The SMILES string of the molecule is C=CCN(CC)S(=O)(=O)c1cc(C(=O)O)c(Cl)cc1Cl. The van der Waals surface area contributed by atoms with Crippen LogP contribution in [0.4, 0.5) is 0 Å². The van der Waals surface area contributed by atoms with E-state index in [4.69, 9.17) is 28.3 Å². The van der Waals surface area contributed by atoms with Crippen LogP contribution < -0.4 is 0 Å². The van der Waals surface area contributed by atoms with Crippen molar-refractivity contribution in [3.05, 3.63) is 40.4 Å². The van der Waals surface area contributed by atoms with Crippen LogP contribution in [-0.4, -0.2) is 36.9 Å². The molecule has 0 spiro atoms. The van der Waals surface area contributed by atoms with E-state index >= 15 is 0 Å². The molecule has 0 heterocycles. The number of aromatic carboxylic acids is 1. The first kappa shape index (κ1) is 17.0. The summed E-state index contributed by atoms with van der Waals surface area (Å²) in [6.07, 6.45) is 1.43. The molecule has 0 radical (unpaired) electrons. The Morgan fingerprint density at radius 3 is 2.45 bits per heavy atom. The molecule has 20 heavy (non-hydrogen) atoms. The molecule has 0 fully saturated rings. The summed E-state index contributed by atoms with van der Waals surface area (Å²) in [6, 6.07) is 2.08. The molecule has 0 atom stereocenters. The number of likely N-dealkylation sites (N-methyl/N-ethyl adjacent to an activating group) is 1. The fraction of sp³-hybridized carbons (Fsp3) is 0.250. The molecule has 1 aromatic carbocycles. The normalized spacial score (nSPS) is 11.6. The molecule has 0 aliphatic rings. The number of halogens is 2. The van der Waals surface area contributed by atoms with Gasteiger partial charge in [-0.05, 0) is 12.1 Å². The topological polar surface area (TPSA) is 74.7 Å². The minimum absolute atomic E-state index is 0.0974. The molecule has 1 aromatic rings. The zero-order valence-electron chi connectivity index (χ0n) is 10.6. The number of carboxylic acids is 1. The first-order valence-corrected chi connectivity index (χ1v) is 7.78. The Bertz CT molecular complexity index is 643. The molecule has 0 bridgehead atoms. The molecule has 0 unspecified atom stereocenters. The second kappa shape index (κ2) is 6.58. The highest BCUT2D eigenvalue weighted by atomic mass is 35.5. The first-order chi connectivity index (χ1) is 9.25. The van der Waals surface area contributed by atoms with Gasteiger partial charge in [-0.25, -0.2) is 13.2 Å². The van der Waals surface area contributed by atoms with Crippen LogP contribution in [0.25, 0.3) is 0 Å². The van der Waals surface area contributed by atoms with Crippen molar-refractivity contribution in [3.63, 3.8) is 0 Å². The molecule has 0 aliphatic heterocycles. The number of carboxylic acid groups (broad SMARTS) is 1. The van der Waals surface area contributed by atoms with Crippen molar-refractivity contribution in [1.29, 1.82) is 0 Å². The highest BCUT2D eigenvalue weighted by Gasteiger charge is 2.27. The Balaban J connectivity index is 3.48. The zero-order chi connectivity index (χ0) is 15.5. The van der Waals surface area contributed by atoms with E-state index in [9.17, 15) is 13.2 Å². The van der Waals surface area contributed by atoms with Gasteiger partial charge in [0.05, 0.1) is 15.6 Å². The molecule has 0 aromatic heterocycles. The van der Waals surface area contributed by atoms with Crippen molar-refractivity contribution in [2.75, 3.05) is 13.1 Å². The van der Waals surface area contributed by atoms with Gasteiger partial charge in [-0.3, -0.25) is 0 Å². The summed E-state index contributed by atoms with van der Waals surface area (Å²) in [5.41, 5.74) is -0.315. The Labute approximate surface area is 127 Å². The lowest BCUT2D eigenvalue weighted by atomic mass is 10.2. The van der Waals surface area contributed by atoms with Gasteiger partial charge >= 0.3 is 5.97 Å². The van der Waals surface area contributed by atoms with Crippen molar-refractivity contribution >= 4 is 39.2 Å². The maximum Gasteiger partial charge on any atom is 0.337 e. The van der Waals surface area contributed by atoms with Crippen molar-refractivity contribution < 1.29 is 18.3 Å². The predicted octanol–water partition coefficient (Wildman–Crippen LogP) is 2.89. The van der Waals surface area contributed by atoms with Gasteiger partial charge < -0.3 is 5.11 Å². The minimum Gasteiger partial charge on any atom is -0.478 e. The highest BCUT2D eigenvalue weighted by Crippen LogP contribution is 2.30. The average molecular weight is 338 g/mol. The molecule has 1 rings (SSSR count). The van der Waals surface area contributed by atoms with E-state index < -0.39 is 16.0 Å². The third kappa shape index (κ3) is 3.32. The van der Waals surface area contributed by atoms with Crippen LogP contribution in [0.5, 0.6) is 0 Å². The van der Waals surface area contributed by atoms with Crippen LogP contribution in [0.2, 0.25) is 10.0 Å². The Hall–Kier alpha value is -1.08. The fourth-order valence-corrected chi connectivity index (χ4v) is 3.82. The lowest BCUT2D eigenvalue weighted by Crippen LogP contribution is -2.31. The van der Waals surface area contributed by atoms with E-state index in [1.807, 2.05) is 0 Å². The summed E-state index contributed by atoms with van der Waals surface area (Å²) in [5.74, 6) is -1.32. The zero-order valence-corrected chi connectivity index (χ0v) is 13.0. The summed E-state index contributed by atoms with van der Waals surface area (Å²) >= 11 is 11.6. The quantitative estimate of drug-likeness (QED) is 0.810. The number of benzene rings is 1. The molecule has 8 heteroatoms. The van der Waals surface area contributed by atoms with E-state index in [0.29, 0.717) is 0 Å². The van der Waals surface area contributed by atoms with Gasteiger partial charge in [0, 0.05) is 13.1 Å². The number of hydrogen-bond acceptors (Lipinski definition) is 3. The number of nitrogens with zero attached hydrogens (tertiary/aromatic N) is 1. The van der Waals surface area contributed by atoms with Gasteiger partial charge in [0.15, 0.2) is 0 Å². The Morgan fingerprint density at radius 1 is 1.40 bits per heavy atom. The standard InChI is InChI=1S/C12H13Cl2NO4S/c1-3-5-15(4-2)20(18,19)11-6-8(12(16)17)9(13)7-10(11)14/h3,6-7H,1,4-5H2,2H3,(H,16,17). The van der Waals surface area contributed by atoms with Crippen molar-refractivity contribution in [1.82, 2.24) is 4.31 Å². The summed E-state index contributed by atoms with van der Waals surface area (Å²) < 4.78 is 26.0. The third-order valence-electron chi connectivity index (χ3n) is 2.56. The predicted molar refractivity (Wildman–Crippen MR) is 78.1 cm³/mol. The van der Waals surface area contributed by atoms with Crippen LogP contribution in [-0.2, 0) is 10.0 Å². The van der Waals surface area contributed by atoms with Gasteiger partial charge in [0.25, 0.3) is 0 Å². The smallest absolute Gasteiger partial charge is 0.337 e. The van der Waals surface area contributed by atoms with Gasteiger partial charge in [-0.2, -0.15) is 4.31 Å². The van der Waals surface area contributed by atoms with Crippen LogP contribution in [0.1, 0.15) is 17.3 Å². The monoisotopic (exact) mass is 337 g/mol. The third-order valence-corrected chi connectivity index (χ3v) is 5.27. The molecule has 1 N–H and O–H groups in total. The molecular formula is C12H13Cl2NO4S. The maximum absolute atomic E-state index is 12.4. The molecule has 110 valence electrons. The molecule has 5 nitrogen and oxygen atoms in total. The van der Waals surface area contributed by atoms with Gasteiger partial charge in [0.2, 0.25) is 10.0 Å². The van der Waals surface area contributed by atoms with E-state index in [0.717, 1.165) is 16.4 Å². The number of sulfonamides is 1. The Morgan fingerprint density at radius 2 is 2.00 bits per heavy atom. The van der Waals surface area contributed by atoms with E-state index in [1.165, 1.54) is 6.08 Å². The number of hydrogen-bond donors (Lipinski definition) is 1. The largest absolute Gasteiger partial charge is 0.478 e. The average Bonchev–Trinajstić information content (AvgIpc) is 2.34. The van der Waals surface area contributed by atoms with Crippen LogP contribution >= 0.6 is 23.2 Å². The second-order valence-electron chi connectivity index (χ2n) is 3.81. The Kier molecular flexibility index (Phi) is 5.59. The summed E-state index contributed by atoms with van der Waals surface area (Å²) in [7, 11) is -3.91. The van der Waals surface area contributed by atoms with Crippen LogP contribution in [0.15, 0.2) is 29.7 Å². The summed E-state index contributed by atoms with van der Waals surface area (Å²) in [6.45, 7) is 5.44. The van der Waals surface area contributed by atoms with Crippen LogP contribution in [0, 0.1) is 0 Å². The van der Waals surface area contributed by atoms with Crippen molar-refractivity contribution in [3.8, 4) is 0 Å². The maximum atomic E-state index is 12.4. The molecular weight excluding hydrogens is 325 g/mol. The van der Waals surface area contributed by atoms with Gasteiger partial charge in [-0.1, -0.05) is 36.2 Å². The number of rotatable bonds is 6.